The molecule has 0 bridgehead atoms. The van der Waals surface area contributed by atoms with Crippen molar-refractivity contribution in [3.8, 4) is 11.5 Å². The highest BCUT2D eigenvalue weighted by Crippen LogP contribution is 2.45. The Labute approximate surface area is 214 Å². The Morgan fingerprint density at radius 2 is 1.68 bits per heavy atom. The van der Waals surface area contributed by atoms with Gasteiger partial charge in [0.15, 0.2) is 0 Å². The van der Waals surface area contributed by atoms with Gasteiger partial charge in [-0.05, 0) is 52.0 Å². The zero-order valence-corrected chi connectivity index (χ0v) is 21.9. The lowest BCUT2D eigenvalue weighted by Gasteiger charge is -2.25. The van der Waals surface area contributed by atoms with Crippen LogP contribution in [0.25, 0.3) is 0 Å². The first-order valence-electron chi connectivity index (χ1n) is 11.6. The minimum Gasteiger partial charge on any atom is -0.459 e. The van der Waals surface area contributed by atoms with Crippen molar-refractivity contribution in [1.82, 2.24) is 9.99 Å². The second kappa shape index (κ2) is 11.6. The summed E-state index contributed by atoms with van der Waals surface area (Å²) < 4.78 is 35.6. The van der Waals surface area contributed by atoms with E-state index in [1.54, 1.807) is 51.1 Å². The second-order valence-electron chi connectivity index (χ2n) is 9.37. The molecule has 3 atom stereocenters. The Balaban J connectivity index is 1.66. The fourth-order valence-electron chi connectivity index (χ4n) is 3.33. The van der Waals surface area contributed by atoms with Crippen LogP contribution in [0.15, 0.2) is 54.6 Å². The highest BCUT2D eigenvalue weighted by atomic mass is 31.2. The Bertz CT molecular complexity index is 1150. The molecule has 1 amide bonds. The molecule has 3 rings (SSSR count). The van der Waals surface area contributed by atoms with Crippen molar-refractivity contribution in [1.29, 1.82) is 0 Å². The minimum absolute atomic E-state index is 0.0294. The van der Waals surface area contributed by atoms with E-state index in [0.717, 1.165) is 0 Å². The number of non-ortho nitro benzene ring substituents is 1. The number of nitro benzene ring substituents is 1. The first-order chi connectivity index (χ1) is 17.3. The van der Waals surface area contributed by atoms with Gasteiger partial charge in [0.05, 0.1) is 11.5 Å². The molecule has 0 aliphatic carbocycles. The van der Waals surface area contributed by atoms with Gasteiger partial charge in [-0.3, -0.25) is 14.9 Å². The minimum atomic E-state index is -4.21. The molecule has 1 aliphatic rings. The topological polar surface area (TPSA) is 147 Å². The van der Waals surface area contributed by atoms with E-state index in [2.05, 4.69) is 5.09 Å². The lowest BCUT2D eigenvalue weighted by Crippen LogP contribution is -2.39. The summed E-state index contributed by atoms with van der Waals surface area (Å²) in [5.41, 5.74) is -0.818. The summed E-state index contributed by atoms with van der Waals surface area (Å²) in [4.78, 5) is 36.8. The molecule has 0 aromatic heterocycles. The van der Waals surface area contributed by atoms with Crippen molar-refractivity contribution in [2.24, 2.45) is 0 Å². The molecule has 200 valence electrons. The van der Waals surface area contributed by atoms with Crippen LogP contribution < -0.4 is 14.1 Å². The average molecular weight is 535 g/mol. The van der Waals surface area contributed by atoms with E-state index in [0.29, 0.717) is 13.0 Å². The van der Waals surface area contributed by atoms with E-state index in [4.69, 9.17) is 18.5 Å². The van der Waals surface area contributed by atoms with Gasteiger partial charge in [-0.1, -0.05) is 18.2 Å². The fraction of sp³-hybridized carbons (Fsp3) is 0.417. The maximum absolute atomic E-state index is 13.6. The molecule has 2 aromatic rings. The molecule has 1 fully saturated rings. The normalized spacial score (nSPS) is 17.8. The van der Waals surface area contributed by atoms with Crippen LogP contribution in [-0.4, -0.2) is 52.7 Å². The number of nitrogens with one attached hydrogen (secondary N) is 1. The molecule has 0 saturated carbocycles. The van der Waals surface area contributed by atoms with Crippen molar-refractivity contribution in [3.63, 3.8) is 0 Å². The van der Waals surface area contributed by atoms with Gasteiger partial charge in [0.2, 0.25) is 0 Å². The van der Waals surface area contributed by atoms with Gasteiger partial charge in [0, 0.05) is 25.1 Å². The number of likely N-dealkylation sites (tertiary alicyclic amines) is 1. The number of carbonyl (C=O) groups excluding carboxylic acids is 2. The molecule has 1 saturated heterocycles. The fourth-order valence-corrected chi connectivity index (χ4v) is 4.85. The van der Waals surface area contributed by atoms with E-state index >= 15 is 0 Å². The molecule has 13 heteroatoms. The number of carbonyl (C=O) groups is 2. The molecule has 0 radical (unpaired) electrons. The van der Waals surface area contributed by atoms with Crippen molar-refractivity contribution in [2.45, 2.75) is 51.9 Å². The van der Waals surface area contributed by atoms with Crippen LogP contribution in [0.3, 0.4) is 0 Å². The number of esters is 1. The monoisotopic (exact) mass is 535 g/mol. The summed E-state index contributed by atoms with van der Waals surface area (Å²) in [7, 11) is -4.21. The van der Waals surface area contributed by atoms with Crippen molar-refractivity contribution < 1.29 is 37.6 Å². The molecular weight excluding hydrogens is 505 g/mol. The lowest BCUT2D eigenvalue weighted by molar-refractivity contribution is -0.384. The third-order valence-corrected chi connectivity index (χ3v) is 6.63. The average Bonchev–Trinajstić information content (AvgIpc) is 3.27. The number of hydrogen-bond acceptors (Lipinski definition) is 9. The van der Waals surface area contributed by atoms with Crippen LogP contribution in [0.5, 0.6) is 11.5 Å². The van der Waals surface area contributed by atoms with E-state index in [1.165, 1.54) is 36.1 Å². The van der Waals surface area contributed by atoms with Gasteiger partial charge in [-0.25, -0.2) is 9.36 Å². The molecule has 2 aromatic carbocycles. The zero-order chi connectivity index (χ0) is 27.2. The molecule has 1 N–H and O–H groups in total. The molecule has 1 unspecified atom stereocenters. The molecular formula is C24H30N3O9P. The summed E-state index contributed by atoms with van der Waals surface area (Å²) in [5, 5.41) is 13.5. The van der Waals surface area contributed by atoms with Gasteiger partial charge >= 0.3 is 19.8 Å². The Morgan fingerprint density at radius 1 is 1.08 bits per heavy atom. The summed E-state index contributed by atoms with van der Waals surface area (Å²) in [6, 6.07) is 12.0. The number of rotatable bonds is 9. The Hall–Kier alpha value is -3.63. The van der Waals surface area contributed by atoms with Gasteiger partial charge in [-0.15, -0.1) is 0 Å². The molecule has 37 heavy (non-hydrogen) atoms. The Kier molecular flexibility index (Phi) is 8.77. The van der Waals surface area contributed by atoms with Crippen molar-refractivity contribution in [3.05, 3.63) is 64.7 Å². The summed E-state index contributed by atoms with van der Waals surface area (Å²) >= 11 is 0. The van der Waals surface area contributed by atoms with Crippen LogP contribution in [-0.2, 0) is 18.8 Å². The van der Waals surface area contributed by atoms with E-state index in [1.807, 2.05) is 0 Å². The molecule has 0 spiro atoms. The molecule has 12 nitrogen and oxygen atoms in total. The molecule has 1 aliphatic heterocycles. The van der Waals surface area contributed by atoms with E-state index < -0.39 is 42.5 Å². The first kappa shape index (κ1) is 27.9. The van der Waals surface area contributed by atoms with E-state index in [-0.39, 0.29) is 23.7 Å². The maximum atomic E-state index is 13.6. The number of hydrogen-bond donors (Lipinski definition) is 1. The highest BCUT2D eigenvalue weighted by molar-refractivity contribution is 7.52. The number of amides is 1. The lowest BCUT2D eigenvalue weighted by atomic mass is 10.2. The largest absolute Gasteiger partial charge is 0.513 e. The number of nitro groups is 1. The van der Waals surface area contributed by atoms with Crippen molar-refractivity contribution in [2.75, 3.05) is 13.1 Å². The highest BCUT2D eigenvalue weighted by Gasteiger charge is 2.37. The van der Waals surface area contributed by atoms with Gasteiger partial charge in [0.1, 0.15) is 29.2 Å². The summed E-state index contributed by atoms with van der Waals surface area (Å²) in [5.74, 6) is -0.480. The third kappa shape index (κ3) is 8.47. The maximum Gasteiger partial charge on any atom is 0.513 e. The smallest absolute Gasteiger partial charge is 0.459 e. The molecule has 1 heterocycles. The SMILES string of the molecule is C[C@H](NP(=O)(Oc1ccccc1)Oc1ccc([N+](=O)[O-])cc1)C(=O)O[C@@H]1CCN(C(=O)OC(C)(C)C)C1. The van der Waals surface area contributed by atoms with Crippen LogP contribution in [0.2, 0.25) is 0 Å². The zero-order valence-electron chi connectivity index (χ0n) is 21.0. The number of benzene rings is 2. The number of para-hydroxylation sites is 1. The van der Waals surface area contributed by atoms with Crippen LogP contribution in [0, 0.1) is 10.1 Å². The standard InChI is InChI=1S/C24H30N3O9P/c1-17(22(28)33-21-14-15-26(16-21)23(29)34-24(2,3)4)25-37(32,35-19-8-6-5-7-9-19)36-20-12-10-18(11-13-20)27(30)31/h5-13,17,21H,14-16H2,1-4H3,(H,25,32)/t17-,21+,37?/m0/s1. The van der Waals surface area contributed by atoms with Crippen molar-refractivity contribution >= 4 is 25.5 Å². The van der Waals surface area contributed by atoms with Crippen LogP contribution in [0.1, 0.15) is 34.1 Å². The van der Waals surface area contributed by atoms with Gasteiger partial charge in [0.25, 0.3) is 5.69 Å². The predicted molar refractivity (Wildman–Crippen MR) is 133 cm³/mol. The number of ether oxygens (including phenoxy) is 2. The van der Waals surface area contributed by atoms with Gasteiger partial charge < -0.3 is 23.4 Å². The quantitative estimate of drug-likeness (QED) is 0.208. The van der Waals surface area contributed by atoms with Crippen LogP contribution in [0.4, 0.5) is 10.5 Å². The first-order valence-corrected chi connectivity index (χ1v) is 13.1. The number of nitrogens with zero attached hydrogens (tertiary/aromatic N) is 2. The van der Waals surface area contributed by atoms with Gasteiger partial charge in [-0.2, -0.15) is 5.09 Å². The van der Waals surface area contributed by atoms with E-state index in [9.17, 15) is 24.3 Å². The third-order valence-electron chi connectivity index (χ3n) is 5.03. The Morgan fingerprint density at radius 3 is 2.24 bits per heavy atom. The predicted octanol–water partition coefficient (Wildman–Crippen LogP) is 4.69. The summed E-state index contributed by atoms with van der Waals surface area (Å²) in [6.07, 6.45) is -0.626. The second-order valence-corrected chi connectivity index (χ2v) is 11.0. The summed E-state index contributed by atoms with van der Waals surface area (Å²) in [6.45, 7) is 7.27. The van der Waals surface area contributed by atoms with Crippen LogP contribution >= 0.6 is 7.75 Å².